The molecule has 82 valence electrons. The van der Waals surface area contributed by atoms with E-state index in [9.17, 15) is 4.79 Å². The predicted molar refractivity (Wildman–Crippen MR) is 56.2 cm³/mol. The Labute approximate surface area is 90.8 Å². The molecular weight excluding hydrogens is 202 g/mol. The summed E-state index contributed by atoms with van der Waals surface area (Å²) in [5.74, 6) is 1.15. The van der Waals surface area contributed by atoms with E-state index >= 15 is 0 Å². The molecule has 3 nitrogen and oxygen atoms in total. The Morgan fingerprint density at radius 3 is 2.79 bits per heavy atom. The van der Waals surface area contributed by atoms with E-state index < -0.39 is 0 Å². The summed E-state index contributed by atoms with van der Waals surface area (Å²) in [5, 5.41) is 0. The second-order valence-corrected chi connectivity index (χ2v) is 4.36. The van der Waals surface area contributed by atoms with Crippen molar-refractivity contribution in [2.45, 2.75) is 38.2 Å². The molecule has 2 N–H and O–H groups in total. The van der Waals surface area contributed by atoms with Gasteiger partial charge in [-0.15, -0.1) is 12.4 Å². The van der Waals surface area contributed by atoms with Crippen molar-refractivity contribution in [1.82, 2.24) is 0 Å². The van der Waals surface area contributed by atoms with Crippen LogP contribution in [0.5, 0.6) is 0 Å². The van der Waals surface area contributed by atoms with Crippen molar-refractivity contribution in [3.8, 4) is 0 Å². The molecule has 0 saturated heterocycles. The Morgan fingerprint density at radius 1 is 1.57 bits per heavy atom. The fraction of sp³-hybridized carbons (Fsp3) is 0.900. The van der Waals surface area contributed by atoms with Gasteiger partial charge < -0.3 is 10.5 Å². The quantitative estimate of drug-likeness (QED) is 0.716. The first-order valence-corrected chi connectivity index (χ1v) is 5.07. The van der Waals surface area contributed by atoms with Crippen molar-refractivity contribution in [2.24, 2.45) is 17.6 Å². The SMILES string of the molecule is CC(=O)O[C@]1(CN)C[C@@H]2CCC[C@@H]21.Cl. The second-order valence-electron chi connectivity index (χ2n) is 4.36. The summed E-state index contributed by atoms with van der Waals surface area (Å²) in [6.07, 6.45) is 4.76. The Morgan fingerprint density at radius 2 is 2.29 bits per heavy atom. The van der Waals surface area contributed by atoms with Crippen LogP contribution in [0.4, 0.5) is 0 Å². The molecule has 0 spiro atoms. The van der Waals surface area contributed by atoms with Crippen LogP contribution in [0.1, 0.15) is 32.6 Å². The van der Waals surface area contributed by atoms with E-state index in [1.165, 1.54) is 26.2 Å². The van der Waals surface area contributed by atoms with Gasteiger partial charge in [0.05, 0.1) is 0 Å². The smallest absolute Gasteiger partial charge is 0.303 e. The van der Waals surface area contributed by atoms with Gasteiger partial charge in [0.15, 0.2) is 0 Å². The maximum atomic E-state index is 10.9. The first kappa shape index (κ1) is 11.8. The van der Waals surface area contributed by atoms with Crippen molar-refractivity contribution in [3.05, 3.63) is 0 Å². The van der Waals surface area contributed by atoms with Crippen molar-refractivity contribution >= 4 is 18.4 Å². The Hall–Kier alpha value is -0.280. The highest BCUT2D eigenvalue weighted by Crippen LogP contribution is 2.55. The van der Waals surface area contributed by atoms with E-state index in [2.05, 4.69) is 0 Å². The van der Waals surface area contributed by atoms with Crippen LogP contribution in [-0.2, 0) is 9.53 Å². The number of halogens is 1. The highest BCUT2D eigenvalue weighted by Gasteiger charge is 2.57. The number of carbonyl (C=O) groups excluding carboxylic acids is 1. The van der Waals surface area contributed by atoms with Gasteiger partial charge in [0.2, 0.25) is 0 Å². The van der Waals surface area contributed by atoms with Gasteiger partial charge >= 0.3 is 5.97 Å². The molecule has 0 aliphatic heterocycles. The summed E-state index contributed by atoms with van der Waals surface area (Å²) in [6.45, 7) is 1.97. The minimum atomic E-state index is -0.285. The average molecular weight is 220 g/mol. The number of fused-ring (bicyclic) bond motifs is 1. The number of nitrogens with two attached hydrogens (primary N) is 1. The minimum absolute atomic E-state index is 0. The molecule has 0 aromatic rings. The molecule has 0 bridgehead atoms. The van der Waals surface area contributed by atoms with Crippen LogP contribution in [0.2, 0.25) is 0 Å². The lowest BCUT2D eigenvalue weighted by molar-refractivity contribution is -0.186. The summed E-state index contributed by atoms with van der Waals surface area (Å²) in [4.78, 5) is 10.9. The molecule has 0 amide bonds. The molecule has 2 rings (SSSR count). The minimum Gasteiger partial charge on any atom is -0.458 e. The zero-order valence-electron chi connectivity index (χ0n) is 8.49. The normalized spacial score (nSPS) is 39.3. The Balaban J connectivity index is 0.000000980. The van der Waals surface area contributed by atoms with E-state index in [1.54, 1.807) is 0 Å². The molecule has 0 heterocycles. The monoisotopic (exact) mass is 219 g/mol. The fourth-order valence-electron chi connectivity index (χ4n) is 3.09. The predicted octanol–water partition coefficient (Wildman–Crippen LogP) is 1.49. The van der Waals surface area contributed by atoms with Crippen LogP contribution in [0.3, 0.4) is 0 Å². The molecule has 4 heteroatoms. The standard InChI is InChI=1S/C10H17NO2.ClH/c1-7(12)13-10(6-11)5-8-3-2-4-9(8)10;/h8-9H,2-6,11H2,1H3;1H/t8-,9-,10-;/m0./s1. The molecule has 0 aromatic heterocycles. The summed E-state index contributed by atoms with van der Waals surface area (Å²) in [7, 11) is 0. The topological polar surface area (TPSA) is 52.3 Å². The first-order chi connectivity index (χ1) is 6.18. The van der Waals surface area contributed by atoms with Crippen LogP contribution in [0.15, 0.2) is 0 Å². The zero-order chi connectivity index (χ0) is 9.47. The lowest BCUT2D eigenvalue weighted by Crippen LogP contribution is -2.58. The van der Waals surface area contributed by atoms with Crippen LogP contribution in [-0.4, -0.2) is 18.1 Å². The lowest BCUT2D eigenvalue weighted by atomic mass is 9.63. The number of hydrogen-bond acceptors (Lipinski definition) is 3. The zero-order valence-corrected chi connectivity index (χ0v) is 9.31. The van der Waals surface area contributed by atoms with Gasteiger partial charge in [-0.2, -0.15) is 0 Å². The first-order valence-electron chi connectivity index (χ1n) is 5.07. The van der Waals surface area contributed by atoms with Gasteiger partial charge in [-0.25, -0.2) is 0 Å². The molecule has 2 aliphatic carbocycles. The highest BCUT2D eigenvalue weighted by molar-refractivity contribution is 5.85. The van der Waals surface area contributed by atoms with E-state index in [1.807, 2.05) is 0 Å². The van der Waals surface area contributed by atoms with Gasteiger partial charge in [0, 0.05) is 19.4 Å². The van der Waals surface area contributed by atoms with Gasteiger partial charge in [0.1, 0.15) is 5.60 Å². The van der Waals surface area contributed by atoms with E-state index in [0.717, 1.165) is 12.3 Å². The van der Waals surface area contributed by atoms with Crippen LogP contribution < -0.4 is 5.73 Å². The molecule has 3 atom stereocenters. The molecule has 0 radical (unpaired) electrons. The van der Waals surface area contributed by atoms with Crippen LogP contribution >= 0.6 is 12.4 Å². The fourth-order valence-corrected chi connectivity index (χ4v) is 3.09. The van der Waals surface area contributed by atoms with Gasteiger partial charge in [0.25, 0.3) is 0 Å². The number of rotatable bonds is 2. The van der Waals surface area contributed by atoms with Gasteiger partial charge in [-0.3, -0.25) is 4.79 Å². The number of esters is 1. The number of hydrogen-bond donors (Lipinski definition) is 1. The van der Waals surface area contributed by atoms with E-state index in [-0.39, 0.29) is 24.0 Å². The van der Waals surface area contributed by atoms with Gasteiger partial charge in [-0.1, -0.05) is 6.42 Å². The third-order valence-electron chi connectivity index (χ3n) is 3.64. The van der Waals surface area contributed by atoms with E-state index in [4.69, 9.17) is 10.5 Å². The molecule has 0 aromatic carbocycles. The third kappa shape index (κ3) is 1.63. The van der Waals surface area contributed by atoms with Crippen molar-refractivity contribution < 1.29 is 9.53 Å². The Kier molecular flexibility index (Phi) is 3.43. The summed E-state index contributed by atoms with van der Waals surface area (Å²) in [5.41, 5.74) is 5.41. The maximum Gasteiger partial charge on any atom is 0.303 e. The van der Waals surface area contributed by atoms with Crippen LogP contribution in [0.25, 0.3) is 0 Å². The largest absolute Gasteiger partial charge is 0.458 e. The maximum absolute atomic E-state index is 10.9. The summed E-state index contributed by atoms with van der Waals surface area (Å²) in [6, 6.07) is 0. The highest BCUT2D eigenvalue weighted by atomic mass is 35.5. The molecule has 0 unspecified atom stereocenters. The van der Waals surface area contributed by atoms with E-state index in [0.29, 0.717) is 12.5 Å². The molecular formula is C10H18ClNO2. The molecule has 14 heavy (non-hydrogen) atoms. The molecule has 2 aliphatic rings. The van der Waals surface area contributed by atoms with Crippen LogP contribution in [0, 0.1) is 11.8 Å². The lowest BCUT2D eigenvalue weighted by Gasteiger charge is -2.50. The van der Waals surface area contributed by atoms with Gasteiger partial charge in [-0.05, 0) is 25.2 Å². The van der Waals surface area contributed by atoms with Crippen molar-refractivity contribution in [2.75, 3.05) is 6.54 Å². The number of ether oxygens (including phenoxy) is 1. The molecule has 2 fully saturated rings. The van der Waals surface area contributed by atoms with Crippen molar-refractivity contribution in [1.29, 1.82) is 0 Å². The third-order valence-corrected chi connectivity index (χ3v) is 3.64. The number of carbonyl (C=O) groups is 1. The molecule has 2 saturated carbocycles. The summed E-state index contributed by atoms with van der Waals surface area (Å²) < 4.78 is 5.37. The average Bonchev–Trinajstić information content (AvgIpc) is 2.43. The Bertz CT molecular complexity index is 234. The second kappa shape index (κ2) is 4.07. The summed E-state index contributed by atoms with van der Waals surface area (Å²) >= 11 is 0. The van der Waals surface area contributed by atoms with Crippen molar-refractivity contribution in [3.63, 3.8) is 0 Å².